The summed E-state index contributed by atoms with van der Waals surface area (Å²) in [5.74, 6) is -0.672. The molecule has 2 aromatic heterocycles. The van der Waals surface area contributed by atoms with Crippen molar-refractivity contribution in [2.75, 3.05) is 11.8 Å². The summed E-state index contributed by atoms with van der Waals surface area (Å²) in [7, 11) is -2.69. The average molecular weight is 329 g/mol. The van der Waals surface area contributed by atoms with Crippen LogP contribution in [0.15, 0.2) is 10.3 Å². The maximum atomic E-state index is 12.6. The number of nitrogens with zero attached hydrogens (tertiary/aromatic N) is 1. The van der Waals surface area contributed by atoms with Crippen molar-refractivity contribution in [3.63, 3.8) is 0 Å². The number of carbonyl (C=O) groups excluding carboxylic acids is 1. The lowest BCUT2D eigenvalue weighted by atomic mass is 10.3. The molecule has 0 aliphatic carbocycles. The van der Waals surface area contributed by atoms with Gasteiger partial charge in [0.2, 0.25) is 0 Å². The number of aryl methyl sites for hydroxylation is 3. The number of hydrogen-bond acceptors (Lipinski definition) is 6. The molecule has 0 radical (unpaired) electrons. The molecule has 0 bridgehead atoms. The Morgan fingerprint density at radius 2 is 2.05 bits per heavy atom. The summed E-state index contributed by atoms with van der Waals surface area (Å²) in [6.45, 7) is 5.02. The third-order valence-electron chi connectivity index (χ3n) is 2.92. The van der Waals surface area contributed by atoms with Crippen molar-refractivity contribution in [3.05, 3.63) is 27.2 Å². The number of rotatable bonds is 4. The van der Waals surface area contributed by atoms with Crippen molar-refractivity contribution in [2.45, 2.75) is 25.7 Å². The quantitative estimate of drug-likeness (QED) is 0.835. The van der Waals surface area contributed by atoms with E-state index in [0.29, 0.717) is 22.6 Å². The summed E-state index contributed by atoms with van der Waals surface area (Å²) in [6, 6.07) is 0. The lowest BCUT2D eigenvalue weighted by molar-refractivity contribution is 0.0602. The zero-order valence-electron chi connectivity index (χ0n) is 12.0. The molecule has 2 heterocycles. The Morgan fingerprint density at radius 1 is 1.38 bits per heavy atom. The van der Waals surface area contributed by atoms with Crippen LogP contribution in [0.25, 0.3) is 0 Å². The molecule has 0 atom stereocenters. The van der Waals surface area contributed by atoms with Crippen molar-refractivity contribution in [3.8, 4) is 0 Å². The van der Waals surface area contributed by atoms with E-state index in [-0.39, 0.29) is 9.77 Å². The van der Waals surface area contributed by atoms with Crippen molar-refractivity contribution >= 4 is 33.0 Å². The van der Waals surface area contributed by atoms with Gasteiger partial charge in [0.1, 0.15) is 9.77 Å². The summed E-state index contributed by atoms with van der Waals surface area (Å²) in [5.41, 5.74) is 2.01. The van der Waals surface area contributed by atoms with Gasteiger partial charge >= 0.3 is 5.97 Å². The number of H-pyrrole nitrogens is 1. The van der Waals surface area contributed by atoms with Gasteiger partial charge in [0.15, 0.2) is 0 Å². The Kier molecular flexibility index (Phi) is 4.06. The Balaban J connectivity index is 2.50. The van der Waals surface area contributed by atoms with E-state index < -0.39 is 16.0 Å². The molecule has 21 heavy (non-hydrogen) atoms. The van der Waals surface area contributed by atoms with E-state index in [2.05, 4.69) is 19.7 Å². The van der Waals surface area contributed by atoms with Crippen LogP contribution in [0.1, 0.15) is 26.6 Å². The lowest BCUT2D eigenvalue weighted by Gasteiger charge is -2.09. The Morgan fingerprint density at radius 3 is 2.57 bits per heavy atom. The molecule has 0 aromatic carbocycles. The zero-order chi connectivity index (χ0) is 15.8. The van der Waals surface area contributed by atoms with E-state index in [1.54, 1.807) is 26.2 Å². The number of carbonyl (C=O) groups is 1. The van der Waals surface area contributed by atoms with Gasteiger partial charge in [-0.2, -0.15) is 5.10 Å². The number of ether oxygens (including phenoxy) is 1. The predicted molar refractivity (Wildman–Crippen MR) is 79.3 cm³/mol. The molecule has 0 fully saturated rings. The standard InChI is InChI=1S/C12H15N3O4S2/c1-6-5-20-10(12(16)19-4)11(6)21(17,18)15-9-7(2)13-14-8(9)3/h5,15H,1-4H3,(H,13,14). The molecule has 0 saturated carbocycles. The molecule has 0 saturated heterocycles. The maximum absolute atomic E-state index is 12.6. The third kappa shape index (κ3) is 2.79. The molecule has 0 spiro atoms. The van der Waals surface area contributed by atoms with Crippen molar-refractivity contribution in [2.24, 2.45) is 0 Å². The number of hydrogen-bond donors (Lipinski definition) is 2. The second-order valence-corrected chi connectivity index (χ2v) is 6.98. The minimum Gasteiger partial charge on any atom is -0.465 e. The first-order chi connectivity index (χ1) is 9.77. The molecular formula is C12H15N3O4S2. The van der Waals surface area contributed by atoms with Crippen molar-refractivity contribution in [1.82, 2.24) is 10.2 Å². The van der Waals surface area contributed by atoms with Crippen LogP contribution in [0.3, 0.4) is 0 Å². The number of anilines is 1. The van der Waals surface area contributed by atoms with Gasteiger partial charge in [0.05, 0.1) is 24.2 Å². The molecule has 0 aliphatic heterocycles. The molecule has 9 heteroatoms. The fraction of sp³-hybridized carbons (Fsp3) is 0.333. The van der Waals surface area contributed by atoms with E-state index in [1.165, 1.54) is 7.11 Å². The number of aromatic amines is 1. The fourth-order valence-corrected chi connectivity index (χ4v) is 4.78. The van der Waals surface area contributed by atoms with Gasteiger partial charge in [-0.1, -0.05) is 0 Å². The van der Waals surface area contributed by atoms with E-state index in [0.717, 1.165) is 11.3 Å². The highest BCUT2D eigenvalue weighted by atomic mass is 32.2. The third-order valence-corrected chi connectivity index (χ3v) is 5.67. The van der Waals surface area contributed by atoms with Crippen LogP contribution in [0.5, 0.6) is 0 Å². The highest BCUT2D eigenvalue weighted by Gasteiger charge is 2.28. The van der Waals surface area contributed by atoms with Gasteiger partial charge in [0.25, 0.3) is 10.0 Å². The van der Waals surface area contributed by atoms with Crippen LogP contribution in [-0.4, -0.2) is 31.7 Å². The SMILES string of the molecule is COC(=O)c1scc(C)c1S(=O)(=O)Nc1c(C)n[nH]c1C. The van der Waals surface area contributed by atoms with Gasteiger partial charge in [0, 0.05) is 0 Å². The average Bonchev–Trinajstić information content (AvgIpc) is 2.95. The smallest absolute Gasteiger partial charge is 0.349 e. The van der Waals surface area contributed by atoms with Crippen LogP contribution in [-0.2, 0) is 14.8 Å². The molecule has 114 valence electrons. The molecule has 0 unspecified atom stereocenters. The molecule has 2 rings (SSSR count). The maximum Gasteiger partial charge on any atom is 0.349 e. The first-order valence-corrected chi connectivity index (χ1v) is 8.35. The Bertz CT molecular complexity index is 770. The molecule has 0 aliphatic rings. The van der Waals surface area contributed by atoms with E-state index in [4.69, 9.17) is 0 Å². The van der Waals surface area contributed by atoms with Crippen molar-refractivity contribution < 1.29 is 17.9 Å². The van der Waals surface area contributed by atoms with Gasteiger partial charge in [-0.25, -0.2) is 13.2 Å². The first kappa shape index (κ1) is 15.5. The van der Waals surface area contributed by atoms with E-state index in [9.17, 15) is 13.2 Å². The van der Waals surface area contributed by atoms with Crippen LogP contribution in [0.2, 0.25) is 0 Å². The zero-order valence-corrected chi connectivity index (χ0v) is 13.6. The highest BCUT2D eigenvalue weighted by molar-refractivity contribution is 7.93. The summed E-state index contributed by atoms with van der Waals surface area (Å²) < 4.78 is 32.3. The summed E-state index contributed by atoms with van der Waals surface area (Å²) >= 11 is 1.04. The lowest BCUT2D eigenvalue weighted by Crippen LogP contribution is -2.17. The number of aromatic nitrogens is 2. The second kappa shape index (κ2) is 5.49. The minimum absolute atomic E-state index is 0.0562. The van der Waals surface area contributed by atoms with Crippen LogP contribution < -0.4 is 4.72 Å². The van der Waals surface area contributed by atoms with Gasteiger partial charge in [-0.05, 0) is 31.7 Å². The van der Waals surface area contributed by atoms with Crippen LogP contribution in [0.4, 0.5) is 5.69 Å². The number of methoxy groups -OCH3 is 1. The normalized spacial score (nSPS) is 11.4. The van der Waals surface area contributed by atoms with Crippen molar-refractivity contribution in [1.29, 1.82) is 0 Å². The monoisotopic (exact) mass is 329 g/mol. The Labute approximate surface area is 126 Å². The predicted octanol–water partition coefficient (Wildman–Crippen LogP) is 1.98. The number of thiophene rings is 1. The van der Waals surface area contributed by atoms with Gasteiger partial charge < -0.3 is 4.74 Å². The number of sulfonamides is 1. The second-order valence-electron chi connectivity index (χ2n) is 4.48. The molecular weight excluding hydrogens is 314 g/mol. The Hall–Kier alpha value is -1.87. The van der Waals surface area contributed by atoms with Crippen LogP contribution >= 0.6 is 11.3 Å². The minimum atomic E-state index is -3.90. The van der Waals surface area contributed by atoms with Gasteiger partial charge in [-0.3, -0.25) is 9.82 Å². The van der Waals surface area contributed by atoms with Gasteiger partial charge in [-0.15, -0.1) is 11.3 Å². The summed E-state index contributed by atoms with van der Waals surface area (Å²) in [5, 5.41) is 8.25. The first-order valence-electron chi connectivity index (χ1n) is 5.98. The topological polar surface area (TPSA) is 101 Å². The molecule has 0 amide bonds. The van der Waals surface area contributed by atoms with Crippen LogP contribution in [0, 0.1) is 20.8 Å². The molecule has 2 aromatic rings. The largest absolute Gasteiger partial charge is 0.465 e. The molecule has 7 nitrogen and oxygen atoms in total. The molecule has 2 N–H and O–H groups in total. The number of nitrogens with one attached hydrogen (secondary N) is 2. The summed E-state index contributed by atoms with van der Waals surface area (Å²) in [4.78, 5) is 11.7. The fourth-order valence-electron chi connectivity index (χ4n) is 1.89. The summed E-state index contributed by atoms with van der Waals surface area (Å²) in [6.07, 6.45) is 0. The van der Waals surface area contributed by atoms with E-state index >= 15 is 0 Å². The van der Waals surface area contributed by atoms with E-state index in [1.807, 2.05) is 0 Å². The number of esters is 1. The highest BCUT2D eigenvalue weighted by Crippen LogP contribution is 2.30.